The smallest absolute Gasteiger partial charge is 0.325 e. The number of nitrogens with one attached hydrogen (secondary N) is 2. The molecular formula is C19H26ClN3O3. The van der Waals surface area contributed by atoms with Crippen LogP contribution in [-0.2, 0) is 9.59 Å². The minimum Gasteiger partial charge on any atom is -0.348 e. The van der Waals surface area contributed by atoms with Crippen LogP contribution < -0.4 is 10.6 Å². The molecule has 2 N–H and O–H groups in total. The highest BCUT2D eigenvalue weighted by molar-refractivity contribution is 6.31. The molecule has 1 atom stereocenters. The molecule has 7 heteroatoms. The highest BCUT2D eigenvalue weighted by Gasteiger charge is 2.50. The standard InChI is InChI=1S/C19H26ClN3O3/c1-4-10-19(11-5-2)17(25)23(18(26)22-19)12-16(24)21-13(3)14-8-6-7-9-15(14)20/h6-9,13H,4-5,10-12H2,1-3H3,(H,21,24)(H,22,26). The van der Waals surface area contributed by atoms with Crippen molar-refractivity contribution >= 4 is 29.4 Å². The van der Waals surface area contributed by atoms with Crippen molar-refractivity contribution in [2.24, 2.45) is 0 Å². The summed E-state index contributed by atoms with van der Waals surface area (Å²) in [6.45, 7) is 5.45. The second-order valence-electron chi connectivity index (χ2n) is 6.71. The lowest BCUT2D eigenvalue weighted by atomic mass is 9.88. The SMILES string of the molecule is CCCC1(CCC)NC(=O)N(CC(=O)NC(C)c2ccccc2Cl)C1=O. The van der Waals surface area contributed by atoms with Crippen LogP contribution in [0.15, 0.2) is 24.3 Å². The highest BCUT2D eigenvalue weighted by Crippen LogP contribution is 2.28. The monoisotopic (exact) mass is 379 g/mol. The van der Waals surface area contributed by atoms with Crippen molar-refractivity contribution in [2.45, 2.75) is 58.0 Å². The fourth-order valence-corrected chi connectivity index (χ4v) is 3.77. The van der Waals surface area contributed by atoms with E-state index in [0.717, 1.165) is 23.3 Å². The van der Waals surface area contributed by atoms with Crippen LogP contribution in [0.3, 0.4) is 0 Å². The quantitative estimate of drug-likeness (QED) is 0.679. The molecule has 1 aromatic carbocycles. The molecule has 2 rings (SSSR count). The average Bonchev–Trinajstić information content (AvgIpc) is 2.80. The molecule has 1 aromatic rings. The number of urea groups is 1. The van der Waals surface area contributed by atoms with Crippen LogP contribution >= 0.6 is 11.6 Å². The first kappa shape index (κ1) is 20.2. The van der Waals surface area contributed by atoms with Gasteiger partial charge in [0.1, 0.15) is 12.1 Å². The summed E-state index contributed by atoms with van der Waals surface area (Å²) in [5.41, 5.74) is -0.0964. The van der Waals surface area contributed by atoms with Gasteiger partial charge in [0.15, 0.2) is 0 Å². The molecule has 0 aromatic heterocycles. The topological polar surface area (TPSA) is 78.5 Å². The third kappa shape index (κ3) is 4.18. The van der Waals surface area contributed by atoms with Crippen molar-refractivity contribution in [1.82, 2.24) is 15.5 Å². The summed E-state index contributed by atoms with van der Waals surface area (Å²) in [7, 11) is 0. The Bertz CT molecular complexity index is 686. The second-order valence-corrected chi connectivity index (χ2v) is 7.12. The zero-order chi connectivity index (χ0) is 19.3. The van der Waals surface area contributed by atoms with E-state index in [1.165, 1.54) is 0 Å². The van der Waals surface area contributed by atoms with Gasteiger partial charge in [-0.2, -0.15) is 0 Å². The van der Waals surface area contributed by atoms with Crippen LogP contribution in [-0.4, -0.2) is 34.8 Å². The number of carbonyl (C=O) groups is 3. The Kier molecular flexibility index (Phi) is 6.64. The van der Waals surface area contributed by atoms with Gasteiger partial charge in [0.05, 0.1) is 6.04 Å². The Morgan fingerprint density at radius 2 is 1.85 bits per heavy atom. The highest BCUT2D eigenvalue weighted by atomic mass is 35.5. The van der Waals surface area contributed by atoms with Gasteiger partial charge in [0.25, 0.3) is 5.91 Å². The van der Waals surface area contributed by atoms with E-state index in [4.69, 9.17) is 11.6 Å². The van der Waals surface area contributed by atoms with Crippen LogP contribution in [0.4, 0.5) is 4.79 Å². The molecule has 1 fully saturated rings. The number of amides is 4. The molecule has 1 saturated heterocycles. The van der Waals surface area contributed by atoms with E-state index in [-0.39, 0.29) is 18.5 Å². The van der Waals surface area contributed by atoms with E-state index in [1.54, 1.807) is 6.07 Å². The minimum atomic E-state index is -0.880. The number of carbonyl (C=O) groups excluding carboxylic acids is 3. The first-order valence-corrected chi connectivity index (χ1v) is 9.40. The third-order valence-electron chi connectivity index (χ3n) is 4.65. The van der Waals surface area contributed by atoms with Crippen LogP contribution in [0.5, 0.6) is 0 Å². The lowest BCUT2D eigenvalue weighted by Crippen LogP contribution is -2.47. The molecule has 142 valence electrons. The second kappa shape index (κ2) is 8.54. The molecule has 1 heterocycles. The third-order valence-corrected chi connectivity index (χ3v) is 4.99. The first-order valence-electron chi connectivity index (χ1n) is 9.02. The molecule has 0 aliphatic carbocycles. The lowest BCUT2D eigenvalue weighted by molar-refractivity contribution is -0.135. The van der Waals surface area contributed by atoms with Crippen molar-refractivity contribution in [2.75, 3.05) is 6.54 Å². The molecule has 1 unspecified atom stereocenters. The molecular weight excluding hydrogens is 354 g/mol. The molecule has 0 radical (unpaired) electrons. The van der Waals surface area contributed by atoms with Crippen molar-refractivity contribution in [3.8, 4) is 0 Å². The van der Waals surface area contributed by atoms with Gasteiger partial charge in [-0.1, -0.05) is 56.5 Å². The Morgan fingerprint density at radius 1 is 1.23 bits per heavy atom. The molecule has 0 bridgehead atoms. The van der Waals surface area contributed by atoms with Gasteiger partial charge in [-0.25, -0.2) is 4.79 Å². The zero-order valence-electron chi connectivity index (χ0n) is 15.5. The van der Waals surface area contributed by atoms with Crippen molar-refractivity contribution < 1.29 is 14.4 Å². The van der Waals surface area contributed by atoms with E-state index in [0.29, 0.717) is 17.9 Å². The molecule has 0 saturated carbocycles. The predicted molar refractivity (Wildman–Crippen MR) is 101 cm³/mol. The van der Waals surface area contributed by atoms with Gasteiger partial charge in [-0.15, -0.1) is 0 Å². The summed E-state index contributed by atoms with van der Waals surface area (Å²) in [6, 6.07) is 6.40. The number of imide groups is 1. The van der Waals surface area contributed by atoms with E-state index in [9.17, 15) is 14.4 Å². The van der Waals surface area contributed by atoms with Gasteiger partial charge in [-0.05, 0) is 31.4 Å². The minimum absolute atomic E-state index is 0.297. The zero-order valence-corrected chi connectivity index (χ0v) is 16.2. The Labute approximate surface area is 159 Å². The summed E-state index contributed by atoms with van der Waals surface area (Å²) in [4.78, 5) is 38.5. The Morgan fingerprint density at radius 3 is 2.42 bits per heavy atom. The van der Waals surface area contributed by atoms with Crippen molar-refractivity contribution in [3.05, 3.63) is 34.9 Å². The number of nitrogens with zero attached hydrogens (tertiary/aromatic N) is 1. The van der Waals surface area contributed by atoms with Crippen LogP contribution in [0.25, 0.3) is 0 Å². The van der Waals surface area contributed by atoms with Crippen molar-refractivity contribution in [3.63, 3.8) is 0 Å². The predicted octanol–water partition coefficient (Wildman–Crippen LogP) is 3.41. The first-order chi connectivity index (χ1) is 12.3. The summed E-state index contributed by atoms with van der Waals surface area (Å²) in [5, 5.41) is 6.16. The number of rotatable bonds is 8. The molecule has 6 nitrogen and oxygen atoms in total. The lowest BCUT2D eigenvalue weighted by Gasteiger charge is -2.25. The van der Waals surface area contributed by atoms with Gasteiger partial charge < -0.3 is 10.6 Å². The van der Waals surface area contributed by atoms with E-state index < -0.39 is 17.5 Å². The van der Waals surface area contributed by atoms with E-state index in [1.807, 2.05) is 39.0 Å². The van der Waals surface area contributed by atoms with Crippen LogP contribution in [0.1, 0.15) is 58.1 Å². The molecule has 1 aliphatic rings. The van der Waals surface area contributed by atoms with E-state index >= 15 is 0 Å². The number of hydrogen-bond donors (Lipinski definition) is 2. The maximum absolute atomic E-state index is 12.8. The van der Waals surface area contributed by atoms with Gasteiger partial charge in [0, 0.05) is 5.02 Å². The molecule has 26 heavy (non-hydrogen) atoms. The van der Waals surface area contributed by atoms with Gasteiger partial charge >= 0.3 is 6.03 Å². The fourth-order valence-electron chi connectivity index (χ4n) is 3.47. The summed E-state index contributed by atoms with van der Waals surface area (Å²) in [6.07, 6.45) is 2.68. The molecule has 1 aliphatic heterocycles. The summed E-state index contributed by atoms with van der Waals surface area (Å²) < 4.78 is 0. The maximum atomic E-state index is 12.8. The fraction of sp³-hybridized carbons (Fsp3) is 0.526. The molecule has 0 spiro atoms. The Balaban J connectivity index is 2.05. The summed E-state index contributed by atoms with van der Waals surface area (Å²) >= 11 is 6.15. The Hall–Kier alpha value is -2.08. The van der Waals surface area contributed by atoms with Crippen LogP contribution in [0.2, 0.25) is 5.02 Å². The van der Waals surface area contributed by atoms with Gasteiger partial charge in [-0.3, -0.25) is 14.5 Å². The normalized spacial score (nSPS) is 17.2. The van der Waals surface area contributed by atoms with E-state index in [2.05, 4.69) is 10.6 Å². The van der Waals surface area contributed by atoms with Crippen LogP contribution in [0, 0.1) is 0 Å². The summed E-state index contributed by atoms with van der Waals surface area (Å²) in [5.74, 6) is -0.712. The largest absolute Gasteiger partial charge is 0.348 e. The number of benzene rings is 1. The number of halogens is 1. The van der Waals surface area contributed by atoms with Crippen molar-refractivity contribution in [1.29, 1.82) is 0 Å². The maximum Gasteiger partial charge on any atom is 0.325 e. The van der Waals surface area contributed by atoms with Gasteiger partial charge in [0.2, 0.25) is 5.91 Å². The average molecular weight is 380 g/mol. The molecule has 4 amide bonds. The number of hydrogen-bond acceptors (Lipinski definition) is 3.